The fourth-order valence-corrected chi connectivity index (χ4v) is 2.78. The van der Waals surface area contributed by atoms with Gasteiger partial charge in [0, 0.05) is 24.5 Å². The zero-order valence-corrected chi connectivity index (χ0v) is 15.4. The smallest absolute Gasteiger partial charge is 0.273 e. The standard InChI is InChI=1S/C20H16F2N4O3/c1-12-3-2-6-26-10-14(24-19(12)26)9-23-20(27)17-8-15(29-25-17)11-28-18-5-4-13(21)7-16(18)22/h2-8,10H,9,11H2,1H3,(H,23,27). The number of ether oxygens (including phenoxy) is 1. The van der Waals surface area contributed by atoms with Crippen LogP contribution in [0.15, 0.2) is 53.3 Å². The van der Waals surface area contributed by atoms with Crippen LogP contribution in [0.1, 0.15) is 27.5 Å². The quantitative estimate of drug-likeness (QED) is 0.538. The van der Waals surface area contributed by atoms with Gasteiger partial charge in [0.2, 0.25) is 0 Å². The molecule has 0 saturated carbocycles. The van der Waals surface area contributed by atoms with Gasteiger partial charge in [-0.05, 0) is 30.7 Å². The van der Waals surface area contributed by atoms with E-state index in [1.807, 2.05) is 35.9 Å². The SMILES string of the molecule is Cc1cccn2cc(CNC(=O)c3cc(COc4ccc(F)cc4F)on3)nc12. The molecule has 7 nitrogen and oxygen atoms in total. The minimum absolute atomic E-state index is 0.0584. The van der Waals surface area contributed by atoms with Gasteiger partial charge in [-0.15, -0.1) is 0 Å². The van der Waals surface area contributed by atoms with Crippen LogP contribution in [-0.4, -0.2) is 20.4 Å². The average Bonchev–Trinajstić information content (AvgIpc) is 3.33. The monoisotopic (exact) mass is 398 g/mol. The first-order chi connectivity index (χ1) is 14.0. The van der Waals surface area contributed by atoms with E-state index >= 15 is 0 Å². The number of hydrogen-bond acceptors (Lipinski definition) is 5. The number of nitrogens with one attached hydrogen (secondary N) is 1. The van der Waals surface area contributed by atoms with E-state index in [0.717, 1.165) is 23.3 Å². The van der Waals surface area contributed by atoms with Crippen molar-refractivity contribution in [2.45, 2.75) is 20.1 Å². The van der Waals surface area contributed by atoms with Gasteiger partial charge in [0.05, 0.1) is 12.2 Å². The summed E-state index contributed by atoms with van der Waals surface area (Å²) >= 11 is 0. The van der Waals surface area contributed by atoms with Crippen LogP contribution in [0.5, 0.6) is 5.75 Å². The van der Waals surface area contributed by atoms with Gasteiger partial charge in [-0.1, -0.05) is 11.2 Å². The zero-order chi connectivity index (χ0) is 20.4. The predicted octanol–water partition coefficient (Wildman–Crippen LogP) is 3.42. The molecule has 9 heteroatoms. The summed E-state index contributed by atoms with van der Waals surface area (Å²) in [6, 6.07) is 8.24. The van der Waals surface area contributed by atoms with Crippen LogP contribution in [0.25, 0.3) is 5.65 Å². The lowest BCUT2D eigenvalue weighted by molar-refractivity contribution is 0.0941. The van der Waals surface area contributed by atoms with Crippen molar-refractivity contribution in [3.05, 3.63) is 83.1 Å². The summed E-state index contributed by atoms with van der Waals surface area (Å²) in [6.07, 6.45) is 3.72. The van der Waals surface area contributed by atoms with Crippen LogP contribution in [0.4, 0.5) is 8.78 Å². The second-order valence-corrected chi connectivity index (χ2v) is 6.38. The molecular weight excluding hydrogens is 382 g/mol. The van der Waals surface area contributed by atoms with E-state index in [-0.39, 0.29) is 30.4 Å². The van der Waals surface area contributed by atoms with E-state index in [1.54, 1.807) is 0 Å². The fraction of sp³-hybridized carbons (Fsp3) is 0.150. The number of carbonyl (C=O) groups is 1. The minimum Gasteiger partial charge on any atom is -0.482 e. The molecule has 1 amide bonds. The first-order valence-corrected chi connectivity index (χ1v) is 8.74. The van der Waals surface area contributed by atoms with Gasteiger partial charge in [0.25, 0.3) is 5.91 Å². The number of aromatic nitrogens is 3. The third-order valence-corrected chi connectivity index (χ3v) is 4.21. The molecule has 29 heavy (non-hydrogen) atoms. The van der Waals surface area contributed by atoms with Crippen LogP contribution >= 0.6 is 0 Å². The molecule has 0 aliphatic rings. The van der Waals surface area contributed by atoms with Gasteiger partial charge < -0.3 is 19.0 Å². The number of fused-ring (bicyclic) bond motifs is 1. The maximum atomic E-state index is 13.6. The highest BCUT2D eigenvalue weighted by molar-refractivity contribution is 5.92. The normalized spacial score (nSPS) is 11.0. The molecule has 3 heterocycles. The number of aryl methyl sites for hydroxylation is 1. The van der Waals surface area contributed by atoms with E-state index in [4.69, 9.17) is 9.26 Å². The van der Waals surface area contributed by atoms with Crippen molar-refractivity contribution in [1.82, 2.24) is 19.9 Å². The Balaban J connectivity index is 1.35. The highest BCUT2D eigenvalue weighted by Crippen LogP contribution is 2.19. The predicted molar refractivity (Wildman–Crippen MR) is 98.3 cm³/mol. The third kappa shape index (κ3) is 4.08. The maximum Gasteiger partial charge on any atom is 0.273 e. The second-order valence-electron chi connectivity index (χ2n) is 6.38. The second kappa shape index (κ2) is 7.70. The Hall–Kier alpha value is -3.75. The Kier molecular flexibility index (Phi) is 4.94. The Morgan fingerprint density at radius 2 is 2.14 bits per heavy atom. The minimum atomic E-state index is -0.829. The summed E-state index contributed by atoms with van der Waals surface area (Å²) in [7, 11) is 0. The molecule has 1 aromatic carbocycles. The molecular formula is C20H16F2N4O3. The zero-order valence-electron chi connectivity index (χ0n) is 15.4. The molecule has 0 aliphatic carbocycles. The van der Waals surface area contributed by atoms with E-state index in [2.05, 4.69) is 15.5 Å². The van der Waals surface area contributed by atoms with E-state index < -0.39 is 17.5 Å². The lowest BCUT2D eigenvalue weighted by Gasteiger charge is -2.04. The molecule has 0 aliphatic heterocycles. The van der Waals surface area contributed by atoms with Gasteiger partial charge >= 0.3 is 0 Å². The molecule has 3 aromatic heterocycles. The lowest BCUT2D eigenvalue weighted by Crippen LogP contribution is -2.23. The van der Waals surface area contributed by atoms with Crippen molar-refractivity contribution in [3.8, 4) is 5.75 Å². The number of imidazole rings is 1. The molecule has 148 valence electrons. The Bertz CT molecular complexity index is 1190. The number of halogens is 2. The molecule has 4 aromatic rings. The number of nitrogens with zero attached hydrogens (tertiary/aromatic N) is 3. The van der Waals surface area contributed by atoms with E-state index in [9.17, 15) is 13.6 Å². The van der Waals surface area contributed by atoms with E-state index in [0.29, 0.717) is 5.69 Å². The summed E-state index contributed by atoms with van der Waals surface area (Å²) in [5, 5.41) is 6.41. The van der Waals surface area contributed by atoms with Crippen LogP contribution in [-0.2, 0) is 13.2 Å². The van der Waals surface area contributed by atoms with Crippen LogP contribution < -0.4 is 10.1 Å². The Morgan fingerprint density at radius 3 is 2.93 bits per heavy atom. The fourth-order valence-electron chi connectivity index (χ4n) is 2.78. The van der Waals surface area contributed by atoms with E-state index in [1.165, 1.54) is 12.1 Å². The lowest BCUT2D eigenvalue weighted by atomic mass is 10.3. The highest BCUT2D eigenvalue weighted by atomic mass is 19.1. The highest BCUT2D eigenvalue weighted by Gasteiger charge is 2.14. The molecule has 0 radical (unpaired) electrons. The average molecular weight is 398 g/mol. The Labute approximate surface area is 163 Å². The summed E-state index contributed by atoms with van der Waals surface area (Å²) in [6.45, 7) is 2.02. The van der Waals surface area contributed by atoms with Crippen molar-refractivity contribution in [3.63, 3.8) is 0 Å². The van der Waals surface area contributed by atoms with Crippen LogP contribution in [0.2, 0.25) is 0 Å². The molecule has 0 bridgehead atoms. The molecule has 1 N–H and O–H groups in total. The first kappa shape index (κ1) is 18.6. The third-order valence-electron chi connectivity index (χ3n) is 4.21. The maximum absolute atomic E-state index is 13.6. The van der Waals surface area contributed by atoms with Crippen molar-refractivity contribution < 1.29 is 22.8 Å². The molecule has 0 fully saturated rings. The molecule has 4 rings (SSSR count). The van der Waals surface area contributed by atoms with Crippen molar-refractivity contribution in [1.29, 1.82) is 0 Å². The summed E-state index contributed by atoms with van der Waals surface area (Å²) in [4.78, 5) is 16.8. The molecule has 0 atom stereocenters. The number of carbonyl (C=O) groups excluding carboxylic acids is 1. The van der Waals surface area contributed by atoms with Gasteiger partial charge in [-0.3, -0.25) is 4.79 Å². The summed E-state index contributed by atoms with van der Waals surface area (Å²) < 4.78 is 38.6. The number of benzene rings is 1. The van der Waals surface area contributed by atoms with Gasteiger partial charge in [-0.2, -0.15) is 0 Å². The van der Waals surface area contributed by atoms with Crippen LogP contribution in [0, 0.1) is 18.6 Å². The molecule has 0 spiro atoms. The topological polar surface area (TPSA) is 81.7 Å². The van der Waals surface area contributed by atoms with Crippen molar-refractivity contribution >= 4 is 11.6 Å². The van der Waals surface area contributed by atoms with Gasteiger partial charge in [-0.25, -0.2) is 13.8 Å². The molecule has 0 saturated heterocycles. The van der Waals surface area contributed by atoms with Crippen molar-refractivity contribution in [2.24, 2.45) is 0 Å². The van der Waals surface area contributed by atoms with Crippen LogP contribution in [0.3, 0.4) is 0 Å². The summed E-state index contributed by atoms with van der Waals surface area (Å²) in [5.74, 6) is -1.88. The first-order valence-electron chi connectivity index (χ1n) is 8.74. The molecule has 0 unspecified atom stereocenters. The number of hydrogen-bond donors (Lipinski definition) is 1. The number of rotatable bonds is 6. The van der Waals surface area contributed by atoms with Gasteiger partial charge in [0.15, 0.2) is 23.0 Å². The largest absolute Gasteiger partial charge is 0.482 e. The Morgan fingerprint density at radius 1 is 1.28 bits per heavy atom. The van der Waals surface area contributed by atoms with Crippen molar-refractivity contribution in [2.75, 3.05) is 0 Å². The van der Waals surface area contributed by atoms with Gasteiger partial charge in [0.1, 0.15) is 18.1 Å². The number of pyridine rings is 1. The number of amides is 1. The summed E-state index contributed by atoms with van der Waals surface area (Å²) in [5.41, 5.74) is 2.61.